The van der Waals surface area contributed by atoms with Crippen LogP contribution < -0.4 is 4.57 Å². The highest BCUT2D eigenvalue weighted by Crippen LogP contribution is 2.15. The predicted octanol–water partition coefficient (Wildman–Crippen LogP) is 3.96. The van der Waals surface area contributed by atoms with Crippen molar-refractivity contribution in [2.75, 3.05) is 0 Å². The summed E-state index contributed by atoms with van der Waals surface area (Å²) >= 11 is 1.66. The minimum Gasteiger partial charge on any atom is -0.287 e. The van der Waals surface area contributed by atoms with E-state index in [0.717, 1.165) is 11.1 Å². The predicted molar refractivity (Wildman–Crippen MR) is 87.9 cm³/mol. The molecule has 0 aliphatic carbocycles. The molecule has 0 aliphatic heterocycles. The topological polar surface area (TPSA) is 20.9 Å². The maximum Gasteiger partial charge on any atom is 0.227 e. The first kappa shape index (κ1) is 14.9. The zero-order valence-corrected chi connectivity index (χ0v) is 13.6. The number of fused-ring (bicyclic) bond motifs is 1. The number of hydrogen-bond donors (Lipinski definition) is 0. The van der Waals surface area contributed by atoms with Gasteiger partial charge >= 0.3 is 0 Å². The Bertz CT molecular complexity index is 734. The van der Waals surface area contributed by atoms with E-state index in [4.69, 9.17) is 0 Å². The van der Waals surface area contributed by atoms with Gasteiger partial charge in [-0.1, -0.05) is 53.3 Å². The summed E-state index contributed by atoms with van der Waals surface area (Å²) in [5.74, 6) is 0.147. The largest absolute Gasteiger partial charge is 0.287 e. The second-order valence-electron chi connectivity index (χ2n) is 4.61. The minimum absolute atomic E-state index is 0. The van der Waals surface area contributed by atoms with Crippen molar-refractivity contribution in [3.63, 3.8) is 0 Å². The molecule has 0 unspecified atom stereocenters. The molecule has 0 saturated heterocycles. The first-order chi connectivity index (χ1) is 9.24. The van der Waals surface area contributed by atoms with Crippen molar-refractivity contribution < 1.29 is 9.36 Å². The van der Waals surface area contributed by atoms with Crippen LogP contribution >= 0.6 is 28.3 Å². The molecule has 0 bridgehead atoms. The number of halogens is 1. The van der Waals surface area contributed by atoms with E-state index in [2.05, 4.69) is 6.07 Å². The molecule has 3 aromatic rings. The van der Waals surface area contributed by atoms with Crippen molar-refractivity contribution in [1.82, 2.24) is 0 Å². The normalized spacial score (nSPS) is 10.2. The molecular formula is C16H15BrNOS+. The molecule has 0 aliphatic rings. The van der Waals surface area contributed by atoms with Crippen LogP contribution in [0.25, 0.3) is 10.2 Å². The van der Waals surface area contributed by atoms with Crippen molar-refractivity contribution in [3.8, 4) is 0 Å². The maximum absolute atomic E-state index is 12.3. The summed E-state index contributed by atoms with van der Waals surface area (Å²) in [6, 6.07) is 15.9. The van der Waals surface area contributed by atoms with Crippen LogP contribution in [-0.2, 0) is 6.54 Å². The number of carbonyl (C=O) groups is 1. The van der Waals surface area contributed by atoms with Crippen LogP contribution in [-0.4, -0.2) is 5.78 Å². The van der Waals surface area contributed by atoms with Crippen LogP contribution in [0.4, 0.5) is 0 Å². The van der Waals surface area contributed by atoms with Gasteiger partial charge in [0.15, 0.2) is 0 Å². The van der Waals surface area contributed by atoms with E-state index in [0.29, 0.717) is 6.54 Å². The summed E-state index contributed by atoms with van der Waals surface area (Å²) in [6.45, 7) is 2.42. The first-order valence-electron chi connectivity index (χ1n) is 6.19. The van der Waals surface area contributed by atoms with Gasteiger partial charge in [0.25, 0.3) is 0 Å². The van der Waals surface area contributed by atoms with Crippen LogP contribution in [0.3, 0.4) is 0 Å². The number of aromatic nitrogens is 1. The molecule has 0 fully saturated rings. The van der Waals surface area contributed by atoms with E-state index >= 15 is 0 Å². The molecule has 0 saturated carbocycles. The third-order valence-electron chi connectivity index (χ3n) is 3.17. The third-order valence-corrected chi connectivity index (χ3v) is 4.13. The standard InChI is InChI=1S/C16H14NOS.BrH/c1-12-6-8-13(9-7-12)15(18)10-17-11-19-16-5-3-2-4-14(16)17;/h2-9,11H,10H2,1H3;1H/q+1;. The third kappa shape index (κ3) is 2.97. The molecule has 0 amide bonds. The van der Waals surface area contributed by atoms with Crippen LogP contribution in [0.15, 0.2) is 54.0 Å². The number of nitrogens with zero attached hydrogens (tertiary/aromatic N) is 1. The van der Waals surface area contributed by atoms with Crippen molar-refractivity contribution in [2.24, 2.45) is 0 Å². The highest BCUT2D eigenvalue weighted by molar-refractivity contribution is 8.93. The lowest BCUT2D eigenvalue weighted by atomic mass is 10.1. The molecule has 0 radical (unpaired) electrons. The number of rotatable bonds is 3. The number of para-hydroxylation sites is 1. The quantitative estimate of drug-likeness (QED) is 0.518. The van der Waals surface area contributed by atoms with Gasteiger partial charge in [0.1, 0.15) is 4.70 Å². The van der Waals surface area contributed by atoms with Crippen molar-refractivity contribution in [2.45, 2.75) is 13.5 Å². The summed E-state index contributed by atoms with van der Waals surface area (Å²) in [4.78, 5) is 12.3. The van der Waals surface area contributed by atoms with Gasteiger partial charge in [0.05, 0.1) is 0 Å². The lowest BCUT2D eigenvalue weighted by molar-refractivity contribution is -0.652. The van der Waals surface area contributed by atoms with E-state index in [9.17, 15) is 4.79 Å². The Morgan fingerprint density at radius 3 is 2.55 bits per heavy atom. The highest BCUT2D eigenvalue weighted by Gasteiger charge is 2.16. The van der Waals surface area contributed by atoms with Crippen LogP contribution in [0.5, 0.6) is 0 Å². The van der Waals surface area contributed by atoms with Gasteiger partial charge in [-0.15, -0.1) is 17.0 Å². The van der Waals surface area contributed by atoms with Gasteiger partial charge in [-0.05, 0) is 13.0 Å². The molecular weight excluding hydrogens is 334 g/mol. The van der Waals surface area contributed by atoms with Crippen molar-refractivity contribution >= 4 is 44.3 Å². The average Bonchev–Trinajstić information content (AvgIpc) is 2.83. The number of benzene rings is 2. The molecule has 2 nitrogen and oxygen atoms in total. The Morgan fingerprint density at radius 1 is 1.10 bits per heavy atom. The Kier molecular flexibility index (Phi) is 4.68. The summed E-state index contributed by atoms with van der Waals surface area (Å²) in [7, 11) is 0. The molecule has 3 rings (SSSR count). The second-order valence-corrected chi connectivity index (χ2v) is 5.49. The number of ketones is 1. The SMILES string of the molecule is Br.Cc1ccc(C(=O)C[n+]2csc3ccccc32)cc1. The number of carbonyl (C=O) groups excluding carboxylic acids is 1. The minimum atomic E-state index is 0. The van der Waals surface area contributed by atoms with E-state index in [1.54, 1.807) is 11.3 Å². The van der Waals surface area contributed by atoms with E-state index in [1.165, 1.54) is 10.3 Å². The van der Waals surface area contributed by atoms with Gasteiger partial charge in [-0.3, -0.25) is 4.79 Å². The van der Waals surface area contributed by atoms with Crippen molar-refractivity contribution in [3.05, 3.63) is 65.2 Å². The fraction of sp³-hybridized carbons (Fsp3) is 0.125. The number of thiazole rings is 1. The van der Waals surface area contributed by atoms with Crippen LogP contribution in [0.2, 0.25) is 0 Å². The number of hydrogen-bond acceptors (Lipinski definition) is 2. The second kappa shape index (κ2) is 6.29. The number of Topliss-reactive ketones (excluding diaryl/α,β-unsaturated/α-hetero) is 1. The molecule has 20 heavy (non-hydrogen) atoms. The Morgan fingerprint density at radius 2 is 1.80 bits per heavy atom. The van der Waals surface area contributed by atoms with Crippen LogP contribution in [0.1, 0.15) is 15.9 Å². The zero-order valence-electron chi connectivity index (χ0n) is 11.1. The van der Waals surface area contributed by atoms with E-state index in [-0.39, 0.29) is 22.8 Å². The highest BCUT2D eigenvalue weighted by atomic mass is 79.9. The van der Waals surface area contributed by atoms with Gasteiger partial charge < -0.3 is 0 Å². The zero-order chi connectivity index (χ0) is 13.2. The average molecular weight is 349 g/mol. The summed E-state index contributed by atoms with van der Waals surface area (Å²) < 4.78 is 3.22. The Labute approximate surface area is 132 Å². The Balaban J connectivity index is 0.00000147. The van der Waals surface area contributed by atoms with E-state index in [1.807, 2.05) is 59.5 Å². The first-order valence-corrected chi connectivity index (χ1v) is 7.07. The summed E-state index contributed by atoms with van der Waals surface area (Å²) in [5, 5.41) is 0. The van der Waals surface area contributed by atoms with Crippen molar-refractivity contribution in [1.29, 1.82) is 0 Å². The fourth-order valence-corrected chi connectivity index (χ4v) is 2.97. The fourth-order valence-electron chi connectivity index (χ4n) is 2.08. The molecule has 1 heterocycles. The summed E-state index contributed by atoms with van der Waals surface area (Å²) in [5.41, 5.74) is 5.07. The lowest BCUT2D eigenvalue weighted by Gasteiger charge is -1.98. The molecule has 4 heteroatoms. The molecule has 0 atom stereocenters. The van der Waals surface area contributed by atoms with Gasteiger partial charge in [-0.25, -0.2) is 0 Å². The molecule has 0 spiro atoms. The molecule has 1 aromatic heterocycles. The van der Waals surface area contributed by atoms with Crippen LogP contribution in [0, 0.1) is 6.92 Å². The molecule has 102 valence electrons. The smallest absolute Gasteiger partial charge is 0.227 e. The lowest BCUT2D eigenvalue weighted by Crippen LogP contribution is -2.36. The van der Waals surface area contributed by atoms with Gasteiger partial charge in [0, 0.05) is 11.6 Å². The molecule has 0 N–H and O–H groups in total. The monoisotopic (exact) mass is 348 g/mol. The number of aryl methyl sites for hydroxylation is 1. The van der Waals surface area contributed by atoms with Gasteiger partial charge in [-0.2, -0.15) is 4.57 Å². The Hall–Kier alpha value is -1.52. The summed E-state index contributed by atoms with van der Waals surface area (Å²) in [6.07, 6.45) is 0. The maximum atomic E-state index is 12.3. The van der Waals surface area contributed by atoms with Gasteiger partial charge in [0.2, 0.25) is 23.4 Å². The van der Waals surface area contributed by atoms with E-state index < -0.39 is 0 Å². The molecule has 2 aromatic carbocycles.